The first kappa shape index (κ1) is 38.4. The highest BCUT2D eigenvalue weighted by atomic mass is 15.1. The molecule has 1 aliphatic carbocycles. The predicted octanol–water partition coefficient (Wildman–Crippen LogP) is 18.0. The molecule has 11 aromatic rings. The van der Waals surface area contributed by atoms with Crippen LogP contribution in [-0.4, -0.2) is 0 Å². The van der Waals surface area contributed by atoms with Crippen LogP contribution in [0.3, 0.4) is 0 Å². The van der Waals surface area contributed by atoms with Gasteiger partial charge in [0.1, 0.15) is 0 Å². The summed E-state index contributed by atoms with van der Waals surface area (Å²) < 4.78 is 0. The molecule has 0 spiro atoms. The molecule has 306 valence electrons. The van der Waals surface area contributed by atoms with Crippen LogP contribution in [0.25, 0.3) is 98.7 Å². The van der Waals surface area contributed by atoms with Gasteiger partial charge in [0.25, 0.3) is 0 Å². The third-order valence-corrected chi connectivity index (χ3v) is 13.2. The summed E-state index contributed by atoms with van der Waals surface area (Å²) in [4.78, 5) is 2.39. The van der Waals surface area contributed by atoms with Crippen LogP contribution >= 0.6 is 0 Å². The van der Waals surface area contributed by atoms with E-state index in [1.165, 1.54) is 104 Å². The quantitative estimate of drug-likeness (QED) is 0.138. The first-order valence-corrected chi connectivity index (χ1v) is 22.7. The fraction of sp³-hybridized carbons (Fsp3) is 0.0312. The number of rotatable bonds is 8. The predicted molar refractivity (Wildman–Crippen MR) is 279 cm³/mol. The summed E-state index contributed by atoms with van der Waals surface area (Å²) in [5.74, 6) is 0. The number of anilines is 2. The molecule has 0 radical (unpaired) electrons. The molecule has 65 heavy (non-hydrogen) atoms. The number of fused-ring (bicyclic) bond motifs is 7. The average Bonchev–Trinajstić information content (AvgIpc) is 3.39. The van der Waals surface area contributed by atoms with E-state index in [0.717, 1.165) is 24.2 Å². The number of hydrogen-bond donors (Lipinski definition) is 0. The Hall–Kier alpha value is -8.26. The normalized spacial score (nSPS) is 12.5. The first-order valence-electron chi connectivity index (χ1n) is 22.7. The van der Waals surface area contributed by atoms with Crippen LogP contribution < -0.4 is 4.90 Å². The largest absolute Gasteiger partial charge is 0.311 e. The van der Waals surface area contributed by atoms with Crippen molar-refractivity contribution in [2.75, 3.05) is 4.90 Å². The highest BCUT2D eigenvalue weighted by Gasteiger charge is 2.23. The van der Waals surface area contributed by atoms with Crippen LogP contribution in [0.5, 0.6) is 0 Å². The zero-order valence-electron chi connectivity index (χ0n) is 36.0. The Balaban J connectivity index is 1.20. The maximum absolute atomic E-state index is 2.46. The van der Waals surface area contributed by atoms with E-state index >= 15 is 0 Å². The summed E-state index contributed by atoms with van der Waals surface area (Å²) in [5.41, 5.74) is 15.6. The lowest BCUT2D eigenvalue weighted by atomic mass is 9.80. The van der Waals surface area contributed by atoms with Crippen molar-refractivity contribution in [3.63, 3.8) is 0 Å². The molecule has 12 rings (SSSR count). The molecule has 11 aromatic carbocycles. The fourth-order valence-electron chi connectivity index (χ4n) is 10.2. The van der Waals surface area contributed by atoms with Crippen molar-refractivity contribution in [1.29, 1.82) is 0 Å². The van der Waals surface area contributed by atoms with Gasteiger partial charge in [-0.15, -0.1) is 0 Å². The summed E-state index contributed by atoms with van der Waals surface area (Å²) in [5, 5.41) is 9.98. The molecule has 0 aromatic heterocycles. The van der Waals surface area contributed by atoms with Crippen molar-refractivity contribution < 1.29 is 0 Å². The maximum Gasteiger partial charge on any atom is 0.0461 e. The Morgan fingerprint density at radius 3 is 1.55 bits per heavy atom. The van der Waals surface area contributed by atoms with Gasteiger partial charge in [0.15, 0.2) is 0 Å². The van der Waals surface area contributed by atoms with E-state index in [1.807, 2.05) is 0 Å². The van der Waals surface area contributed by atoms with Crippen molar-refractivity contribution in [2.45, 2.75) is 12.8 Å². The van der Waals surface area contributed by atoms with E-state index in [0.29, 0.717) is 0 Å². The van der Waals surface area contributed by atoms with Gasteiger partial charge in [0.2, 0.25) is 0 Å². The van der Waals surface area contributed by atoms with Gasteiger partial charge in [-0.2, -0.15) is 0 Å². The van der Waals surface area contributed by atoms with E-state index in [2.05, 4.69) is 254 Å². The van der Waals surface area contributed by atoms with Crippen molar-refractivity contribution in [1.82, 2.24) is 0 Å². The number of hydrogen-bond acceptors (Lipinski definition) is 1. The SMILES string of the molecule is C1=CC(N(c2ccccc2)c2ccc(-c3c(-c4ccccc4)cc(-c4ccccc4)c4c5ccc(-c6ccccc6)cc5c5cc(-c6cccc7ccccc67)ccc5c34)cc2)=CCC1. The molecule has 0 saturated heterocycles. The standard InChI is InChI=1S/C64H45N/c1-6-19-44(20-7-1)49-35-39-56-60(41-49)61-42-50(55-32-18-26-45-25-16-17-31-54(45)55)36-40-57(61)64-62(58(46-21-8-2-9-22-46)43-59(63(56)64)47-23-10-3-11-24-47)48-33-37-53(38-34-48)65(51-27-12-4-13-28-51)52-29-14-5-15-30-52/h1-4,6-14,16-43H,5,15H2. The van der Waals surface area contributed by atoms with E-state index < -0.39 is 0 Å². The fourth-order valence-corrected chi connectivity index (χ4v) is 10.2. The lowest BCUT2D eigenvalue weighted by Gasteiger charge is -2.28. The van der Waals surface area contributed by atoms with E-state index in [9.17, 15) is 0 Å². The minimum Gasteiger partial charge on any atom is -0.311 e. The molecule has 0 unspecified atom stereocenters. The summed E-state index contributed by atoms with van der Waals surface area (Å²) in [6.45, 7) is 0. The van der Waals surface area contributed by atoms with Crippen molar-refractivity contribution >= 4 is 54.5 Å². The summed E-state index contributed by atoms with van der Waals surface area (Å²) >= 11 is 0. The van der Waals surface area contributed by atoms with Gasteiger partial charge in [0, 0.05) is 17.1 Å². The number of allylic oxidation sites excluding steroid dienone is 3. The molecule has 1 heteroatoms. The van der Waals surface area contributed by atoms with Crippen molar-refractivity contribution in [3.8, 4) is 55.6 Å². The van der Waals surface area contributed by atoms with Crippen LogP contribution in [0.4, 0.5) is 11.4 Å². The zero-order valence-corrected chi connectivity index (χ0v) is 36.0. The van der Waals surface area contributed by atoms with Crippen LogP contribution in [-0.2, 0) is 0 Å². The van der Waals surface area contributed by atoms with Crippen LogP contribution in [0.15, 0.2) is 254 Å². The topological polar surface area (TPSA) is 3.24 Å². The second kappa shape index (κ2) is 16.5. The lowest BCUT2D eigenvalue weighted by Crippen LogP contribution is -2.16. The van der Waals surface area contributed by atoms with Crippen LogP contribution in [0.1, 0.15) is 12.8 Å². The highest BCUT2D eigenvalue weighted by Crippen LogP contribution is 2.50. The minimum absolute atomic E-state index is 1.03. The molecule has 0 amide bonds. The summed E-state index contributed by atoms with van der Waals surface area (Å²) in [7, 11) is 0. The molecule has 1 aliphatic rings. The number of benzene rings is 11. The second-order valence-electron chi connectivity index (χ2n) is 17.1. The van der Waals surface area contributed by atoms with Gasteiger partial charge >= 0.3 is 0 Å². The molecule has 1 nitrogen and oxygen atoms in total. The zero-order chi connectivity index (χ0) is 43.1. The van der Waals surface area contributed by atoms with Gasteiger partial charge in [-0.3, -0.25) is 0 Å². The van der Waals surface area contributed by atoms with E-state index in [1.54, 1.807) is 0 Å². The third kappa shape index (κ3) is 6.90. The Morgan fingerprint density at radius 2 is 0.862 bits per heavy atom. The smallest absolute Gasteiger partial charge is 0.0461 e. The highest BCUT2D eigenvalue weighted by molar-refractivity contribution is 6.33. The van der Waals surface area contributed by atoms with Crippen LogP contribution in [0.2, 0.25) is 0 Å². The van der Waals surface area contributed by atoms with Crippen molar-refractivity contribution in [3.05, 3.63) is 254 Å². The molecule has 0 atom stereocenters. The molecule has 0 aliphatic heterocycles. The van der Waals surface area contributed by atoms with E-state index in [-0.39, 0.29) is 0 Å². The Kier molecular flexibility index (Phi) is 9.73. The van der Waals surface area contributed by atoms with Gasteiger partial charge in [-0.1, -0.05) is 200 Å². The molecule has 0 bridgehead atoms. The molecular formula is C64H45N. The van der Waals surface area contributed by atoms with Gasteiger partial charge < -0.3 is 4.90 Å². The molecule has 0 heterocycles. The van der Waals surface area contributed by atoms with Crippen molar-refractivity contribution in [2.24, 2.45) is 0 Å². The number of nitrogens with zero attached hydrogens (tertiary/aromatic N) is 1. The lowest BCUT2D eigenvalue weighted by molar-refractivity contribution is 0.997. The molecule has 0 saturated carbocycles. The second-order valence-corrected chi connectivity index (χ2v) is 17.1. The maximum atomic E-state index is 2.46. The summed E-state index contributed by atoms with van der Waals surface area (Å²) in [6.07, 6.45) is 9.01. The molecule has 0 N–H and O–H groups in total. The number of para-hydroxylation sites is 1. The van der Waals surface area contributed by atoms with Crippen LogP contribution in [0, 0.1) is 0 Å². The Bertz CT molecular complexity index is 3600. The monoisotopic (exact) mass is 827 g/mol. The van der Waals surface area contributed by atoms with E-state index in [4.69, 9.17) is 0 Å². The first-order chi connectivity index (χ1) is 32.3. The minimum atomic E-state index is 1.03. The Morgan fingerprint density at radius 1 is 0.308 bits per heavy atom. The van der Waals surface area contributed by atoms with Gasteiger partial charge in [0.05, 0.1) is 0 Å². The Labute approximate surface area is 380 Å². The average molecular weight is 828 g/mol. The summed E-state index contributed by atoms with van der Waals surface area (Å²) in [6, 6.07) is 85.0. The molecule has 0 fully saturated rings. The molecular weight excluding hydrogens is 783 g/mol. The van der Waals surface area contributed by atoms with Gasteiger partial charge in [-0.05, 0) is 160 Å². The van der Waals surface area contributed by atoms with Gasteiger partial charge in [-0.25, -0.2) is 0 Å². The third-order valence-electron chi connectivity index (χ3n) is 13.2.